The van der Waals surface area contributed by atoms with Crippen LogP contribution in [-0.2, 0) is 14.4 Å². The number of carboxylic acid groups (broad SMARTS) is 1. The van der Waals surface area contributed by atoms with Crippen molar-refractivity contribution in [1.82, 2.24) is 15.8 Å². The van der Waals surface area contributed by atoms with Crippen LogP contribution in [0.2, 0.25) is 0 Å². The summed E-state index contributed by atoms with van der Waals surface area (Å²) in [6.45, 7) is 0.381. The van der Waals surface area contributed by atoms with Crippen molar-refractivity contribution in [3.63, 3.8) is 0 Å². The highest BCUT2D eigenvalue weighted by molar-refractivity contribution is 5.83. The highest BCUT2D eigenvalue weighted by Crippen LogP contribution is 2.41. The fraction of sp³-hybridized carbons (Fsp3) is 0.842. The summed E-state index contributed by atoms with van der Waals surface area (Å²) in [5.74, 6) is -1.29. The van der Waals surface area contributed by atoms with Crippen molar-refractivity contribution >= 4 is 17.8 Å². The van der Waals surface area contributed by atoms with Crippen molar-refractivity contribution in [2.75, 3.05) is 26.7 Å². The van der Waals surface area contributed by atoms with Crippen LogP contribution < -0.4 is 22.2 Å². The van der Waals surface area contributed by atoms with Crippen LogP contribution in [0.5, 0.6) is 0 Å². The summed E-state index contributed by atoms with van der Waals surface area (Å²) in [6, 6.07) is -1.01. The predicted molar refractivity (Wildman–Crippen MR) is 108 cm³/mol. The Labute approximate surface area is 172 Å². The zero-order valence-corrected chi connectivity index (χ0v) is 17.3. The number of rotatable bonds is 16. The Kier molecular flexibility index (Phi) is 11.7. The summed E-state index contributed by atoms with van der Waals surface area (Å²) in [6.07, 6.45) is 6.01. The molecular weight excluding hydrogens is 378 g/mol. The molecule has 0 radical (unpaired) electrons. The van der Waals surface area contributed by atoms with Crippen LogP contribution in [0.1, 0.15) is 51.4 Å². The molecule has 0 saturated heterocycles. The minimum atomic E-state index is -1.05. The van der Waals surface area contributed by atoms with E-state index in [2.05, 4.69) is 10.7 Å². The highest BCUT2D eigenvalue weighted by atomic mass is 16.4. The lowest BCUT2D eigenvalue weighted by Gasteiger charge is -2.23. The molecule has 0 spiro atoms. The van der Waals surface area contributed by atoms with E-state index in [1.165, 1.54) is 12.1 Å². The molecule has 10 heteroatoms. The molecule has 1 saturated carbocycles. The molecule has 1 aliphatic rings. The van der Waals surface area contributed by atoms with E-state index in [9.17, 15) is 14.4 Å². The lowest BCUT2D eigenvalue weighted by molar-refractivity contribution is -0.139. The van der Waals surface area contributed by atoms with E-state index in [0.717, 1.165) is 38.5 Å². The number of nitrogens with zero attached hydrogens (tertiary/aromatic N) is 1. The predicted octanol–water partition coefficient (Wildman–Crippen LogP) is -0.836. The third-order valence-electron chi connectivity index (χ3n) is 5.23. The van der Waals surface area contributed by atoms with Crippen molar-refractivity contribution < 1.29 is 24.6 Å². The second-order valence-electron chi connectivity index (χ2n) is 7.89. The molecule has 0 bridgehead atoms. The third-order valence-corrected chi connectivity index (χ3v) is 5.23. The van der Waals surface area contributed by atoms with E-state index in [0.29, 0.717) is 13.0 Å². The number of unbranched alkanes of at least 4 members (excludes halogenated alkanes) is 4. The molecule has 1 aliphatic carbocycles. The van der Waals surface area contributed by atoms with Gasteiger partial charge in [-0.15, -0.1) is 0 Å². The smallest absolute Gasteiger partial charge is 0.319 e. The fourth-order valence-electron chi connectivity index (χ4n) is 3.47. The Balaban J connectivity index is 2.46. The standard InChI is InChI=1S/C19H37N5O5/c1-24(12-18(27)28)23-17(26)10-16(14-9-13(14)11-20)22-19(29)15(21)7-5-3-2-4-6-8-25/h13-16,25H,2-12,20-21H2,1H3,(H,22,29)(H,23,26)(H,27,28)/t13-,14-,15-,16+/m0/s1. The average molecular weight is 416 g/mol. The molecule has 0 heterocycles. The molecule has 0 unspecified atom stereocenters. The number of nitrogens with two attached hydrogens (primary N) is 2. The quantitative estimate of drug-likeness (QED) is 0.140. The number of aliphatic hydroxyl groups excluding tert-OH is 1. The summed E-state index contributed by atoms with van der Waals surface area (Å²) < 4.78 is 0. The highest BCUT2D eigenvalue weighted by Gasteiger charge is 2.43. The van der Waals surface area contributed by atoms with Gasteiger partial charge in [-0.3, -0.25) is 19.8 Å². The van der Waals surface area contributed by atoms with Gasteiger partial charge < -0.3 is 27.0 Å². The first-order valence-corrected chi connectivity index (χ1v) is 10.4. The van der Waals surface area contributed by atoms with Crippen molar-refractivity contribution in [3.8, 4) is 0 Å². The number of nitrogens with one attached hydrogen (secondary N) is 2. The van der Waals surface area contributed by atoms with Gasteiger partial charge in [-0.1, -0.05) is 25.7 Å². The normalized spacial score (nSPS) is 20.2. The molecular formula is C19H37N5O5. The van der Waals surface area contributed by atoms with Crippen molar-refractivity contribution in [3.05, 3.63) is 0 Å². The van der Waals surface area contributed by atoms with Gasteiger partial charge in [0.15, 0.2) is 0 Å². The van der Waals surface area contributed by atoms with Gasteiger partial charge >= 0.3 is 5.97 Å². The van der Waals surface area contributed by atoms with Crippen LogP contribution in [0.25, 0.3) is 0 Å². The van der Waals surface area contributed by atoms with E-state index in [1.807, 2.05) is 0 Å². The maximum absolute atomic E-state index is 12.5. The molecule has 2 amide bonds. The summed E-state index contributed by atoms with van der Waals surface area (Å²) >= 11 is 0. The SMILES string of the molecule is CN(CC(=O)O)NC(=O)C[C@@H](NC(=O)[C@@H](N)CCCCCCCO)[C@H]1C[C@H]1CN. The number of hydrogen-bond donors (Lipinski definition) is 6. The number of aliphatic carboxylic acids is 1. The van der Waals surface area contributed by atoms with Crippen LogP contribution in [-0.4, -0.2) is 71.8 Å². The molecule has 8 N–H and O–H groups in total. The number of carbonyl (C=O) groups excluding carboxylic acids is 2. The summed E-state index contributed by atoms with van der Waals surface area (Å²) in [5.41, 5.74) is 14.2. The van der Waals surface area contributed by atoms with Gasteiger partial charge in [-0.2, -0.15) is 0 Å². The maximum Gasteiger partial charge on any atom is 0.319 e. The second kappa shape index (κ2) is 13.5. The summed E-state index contributed by atoms with van der Waals surface area (Å²) in [7, 11) is 1.47. The molecule has 1 rings (SSSR count). The minimum absolute atomic E-state index is 0.0464. The van der Waals surface area contributed by atoms with Crippen LogP contribution in [0.3, 0.4) is 0 Å². The van der Waals surface area contributed by atoms with Gasteiger partial charge in [0.05, 0.1) is 6.04 Å². The first-order valence-electron chi connectivity index (χ1n) is 10.4. The lowest BCUT2D eigenvalue weighted by atomic mass is 10.0. The van der Waals surface area contributed by atoms with Gasteiger partial charge in [0.1, 0.15) is 6.54 Å². The van der Waals surface area contributed by atoms with E-state index < -0.39 is 12.0 Å². The van der Waals surface area contributed by atoms with Gasteiger partial charge in [0, 0.05) is 26.1 Å². The van der Waals surface area contributed by atoms with Gasteiger partial charge in [-0.25, -0.2) is 5.01 Å². The van der Waals surface area contributed by atoms with Crippen LogP contribution in [0, 0.1) is 11.8 Å². The Morgan fingerprint density at radius 1 is 1.17 bits per heavy atom. The molecule has 0 aromatic carbocycles. The summed E-state index contributed by atoms with van der Waals surface area (Å²) in [5, 5.41) is 21.6. The molecule has 29 heavy (non-hydrogen) atoms. The number of hydrazine groups is 1. The van der Waals surface area contributed by atoms with E-state index in [1.54, 1.807) is 0 Å². The fourth-order valence-corrected chi connectivity index (χ4v) is 3.47. The Bertz CT molecular complexity index is 533. The topological polar surface area (TPSA) is 171 Å². The van der Waals surface area contributed by atoms with Crippen LogP contribution in [0.15, 0.2) is 0 Å². The zero-order valence-electron chi connectivity index (χ0n) is 17.3. The second-order valence-corrected chi connectivity index (χ2v) is 7.89. The van der Waals surface area contributed by atoms with Crippen molar-refractivity contribution in [2.45, 2.75) is 63.5 Å². The monoisotopic (exact) mass is 415 g/mol. The van der Waals surface area contributed by atoms with E-state index >= 15 is 0 Å². The largest absolute Gasteiger partial charge is 0.480 e. The Hall–Kier alpha value is -1.75. The van der Waals surface area contributed by atoms with Gasteiger partial charge in [0.25, 0.3) is 0 Å². The molecule has 10 nitrogen and oxygen atoms in total. The van der Waals surface area contributed by atoms with Gasteiger partial charge in [0.2, 0.25) is 11.8 Å². The molecule has 0 aromatic heterocycles. The van der Waals surface area contributed by atoms with Crippen LogP contribution >= 0.6 is 0 Å². The van der Waals surface area contributed by atoms with Crippen molar-refractivity contribution in [1.29, 1.82) is 0 Å². The van der Waals surface area contributed by atoms with E-state index in [-0.39, 0.29) is 49.3 Å². The molecule has 4 atom stereocenters. The Morgan fingerprint density at radius 2 is 1.83 bits per heavy atom. The summed E-state index contributed by atoms with van der Waals surface area (Å²) in [4.78, 5) is 35.4. The van der Waals surface area contributed by atoms with Crippen LogP contribution in [0.4, 0.5) is 0 Å². The first-order chi connectivity index (χ1) is 13.8. The zero-order chi connectivity index (χ0) is 21.8. The lowest BCUT2D eigenvalue weighted by Crippen LogP contribution is -2.50. The Morgan fingerprint density at radius 3 is 2.41 bits per heavy atom. The number of aliphatic hydroxyl groups is 1. The molecule has 0 aliphatic heterocycles. The minimum Gasteiger partial charge on any atom is -0.480 e. The number of hydrogen-bond acceptors (Lipinski definition) is 7. The number of carboxylic acids is 1. The average Bonchev–Trinajstić information content (AvgIpc) is 3.42. The first kappa shape index (κ1) is 25.3. The molecule has 0 aromatic rings. The van der Waals surface area contributed by atoms with Gasteiger partial charge in [-0.05, 0) is 37.6 Å². The number of likely N-dealkylation sites (N-methyl/N-ethyl adjacent to an activating group) is 1. The number of amides is 2. The number of carbonyl (C=O) groups is 3. The molecule has 168 valence electrons. The third kappa shape index (κ3) is 10.6. The van der Waals surface area contributed by atoms with Crippen molar-refractivity contribution in [2.24, 2.45) is 23.3 Å². The maximum atomic E-state index is 12.5. The molecule has 1 fully saturated rings. The van der Waals surface area contributed by atoms with E-state index in [4.69, 9.17) is 21.7 Å².